The van der Waals surface area contributed by atoms with Crippen molar-refractivity contribution in [3.05, 3.63) is 29.3 Å². The van der Waals surface area contributed by atoms with Crippen LogP contribution in [0.5, 0.6) is 0 Å². The molecule has 10 heteroatoms. The first kappa shape index (κ1) is 19.5. The maximum Gasteiger partial charge on any atom is 0.416 e. The molecular formula is C15H16F6N2O2. The number of amides is 1. The first-order valence-corrected chi connectivity index (χ1v) is 7.47. The van der Waals surface area contributed by atoms with E-state index >= 15 is 0 Å². The monoisotopic (exact) mass is 370 g/mol. The Balaban J connectivity index is 2.02. The molecule has 1 saturated heterocycles. The predicted molar refractivity (Wildman–Crippen MR) is 76.9 cm³/mol. The summed E-state index contributed by atoms with van der Waals surface area (Å²) in [5.74, 6) is -0.745. The summed E-state index contributed by atoms with van der Waals surface area (Å²) in [6, 6.07) is 0.936. The Morgan fingerprint density at radius 2 is 1.68 bits per heavy atom. The van der Waals surface area contributed by atoms with E-state index in [1.165, 1.54) is 0 Å². The summed E-state index contributed by atoms with van der Waals surface area (Å²) < 4.78 is 81.8. The summed E-state index contributed by atoms with van der Waals surface area (Å²) in [6.07, 6.45) is -8.23. The minimum Gasteiger partial charge on any atom is -0.377 e. The average Bonchev–Trinajstić information content (AvgIpc) is 2.98. The summed E-state index contributed by atoms with van der Waals surface area (Å²) >= 11 is 0. The Morgan fingerprint density at radius 3 is 2.16 bits per heavy atom. The van der Waals surface area contributed by atoms with E-state index in [-0.39, 0.29) is 18.7 Å². The molecule has 1 atom stereocenters. The van der Waals surface area contributed by atoms with E-state index in [0.717, 1.165) is 12.8 Å². The van der Waals surface area contributed by atoms with Crippen LogP contribution in [0.15, 0.2) is 18.2 Å². The fraction of sp³-hybridized carbons (Fsp3) is 0.533. The number of ether oxygens (including phenoxy) is 1. The van der Waals surface area contributed by atoms with E-state index in [9.17, 15) is 31.1 Å². The van der Waals surface area contributed by atoms with E-state index in [0.29, 0.717) is 25.3 Å². The van der Waals surface area contributed by atoms with Gasteiger partial charge in [-0.3, -0.25) is 4.79 Å². The van der Waals surface area contributed by atoms with Gasteiger partial charge in [-0.1, -0.05) is 0 Å². The Hall–Kier alpha value is -1.81. The second-order valence-corrected chi connectivity index (χ2v) is 5.61. The van der Waals surface area contributed by atoms with Crippen LogP contribution in [-0.2, 0) is 21.9 Å². The van der Waals surface area contributed by atoms with Gasteiger partial charge in [0.1, 0.15) is 0 Å². The minimum absolute atomic E-state index is 0.00530. The number of hydrogen-bond donors (Lipinski definition) is 2. The van der Waals surface area contributed by atoms with Crippen molar-refractivity contribution in [1.82, 2.24) is 5.32 Å². The van der Waals surface area contributed by atoms with E-state index in [1.807, 2.05) is 0 Å². The van der Waals surface area contributed by atoms with Gasteiger partial charge in [0.15, 0.2) is 0 Å². The summed E-state index contributed by atoms with van der Waals surface area (Å²) in [7, 11) is 0. The van der Waals surface area contributed by atoms with E-state index < -0.39 is 35.1 Å². The fourth-order valence-corrected chi connectivity index (χ4v) is 2.38. The number of nitrogens with one attached hydrogen (secondary N) is 2. The minimum atomic E-state index is -4.96. The van der Waals surface area contributed by atoms with Crippen LogP contribution in [-0.4, -0.2) is 31.7 Å². The van der Waals surface area contributed by atoms with Crippen LogP contribution in [0, 0.1) is 0 Å². The number of benzene rings is 1. The molecule has 1 aromatic carbocycles. The van der Waals surface area contributed by atoms with Crippen molar-refractivity contribution in [3.8, 4) is 0 Å². The highest BCUT2D eigenvalue weighted by molar-refractivity contribution is 5.92. The van der Waals surface area contributed by atoms with Crippen molar-refractivity contribution < 1.29 is 35.9 Å². The van der Waals surface area contributed by atoms with Gasteiger partial charge in [0.25, 0.3) is 0 Å². The number of halogens is 6. The summed E-state index contributed by atoms with van der Waals surface area (Å²) in [5.41, 5.74) is -3.53. The molecule has 1 amide bonds. The molecule has 0 radical (unpaired) electrons. The first-order chi connectivity index (χ1) is 11.6. The second-order valence-electron chi connectivity index (χ2n) is 5.61. The lowest BCUT2D eigenvalue weighted by molar-refractivity contribution is -0.143. The van der Waals surface area contributed by atoms with Crippen molar-refractivity contribution in [2.45, 2.75) is 31.3 Å². The zero-order valence-corrected chi connectivity index (χ0v) is 12.9. The van der Waals surface area contributed by atoms with Crippen molar-refractivity contribution in [2.24, 2.45) is 0 Å². The SMILES string of the molecule is O=C(CNCC1CCCO1)Nc1cc(C(F)(F)F)cc(C(F)(F)F)c1. The Bertz CT molecular complexity index is 577. The number of hydrogen-bond acceptors (Lipinski definition) is 3. The standard InChI is InChI=1S/C15H16F6N2O2/c16-14(17,18)9-4-10(15(19,20)21)6-11(5-9)23-13(24)8-22-7-12-2-1-3-25-12/h4-6,12,22H,1-3,7-8H2,(H,23,24). The van der Waals surface area contributed by atoms with Crippen molar-refractivity contribution in [2.75, 3.05) is 25.0 Å². The van der Waals surface area contributed by atoms with Gasteiger partial charge in [-0.05, 0) is 31.0 Å². The number of carbonyl (C=O) groups is 1. The fourth-order valence-electron chi connectivity index (χ4n) is 2.38. The van der Waals surface area contributed by atoms with Crippen LogP contribution >= 0.6 is 0 Å². The van der Waals surface area contributed by atoms with Gasteiger partial charge in [-0.2, -0.15) is 26.3 Å². The van der Waals surface area contributed by atoms with Crippen LogP contribution < -0.4 is 10.6 Å². The zero-order chi connectivity index (χ0) is 18.7. The van der Waals surface area contributed by atoms with Gasteiger partial charge in [-0.15, -0.1) is 0 Å². The highest BCUT2D eigenvalue weighted by atomic mass is 19.4. The number of alkyl halides is 6. The number of carbonyl (C=O) groups excluding carboxylic acids is 1. The molecule has 0 spiro atoms. The smallest absolute Gasteiger partial charge is 0.377 e. The third kappa shape index (κ3) is 5.89. The quantitative estimate of drug-likeness (QED) is 0.781. The van der Waals surface area contributed by atoms with E-state index in [1.54, 1.807) is 0 Å². The molecule has 0 aliphatic carbocycles. The van der Waals surface area contributed by atoms with Gasteiger partial charge in [0.2, 0.25) is 5.91 Å². The average molecular weight is 370 g/mol. The molecule has 2 rings (SSSR count). The van der Waals surface area contributed by atoms with Gasteiger partial charge in [-0.25, -0.2) is 0 Å². The van der Waals surface area contributed by atoms with Crippen LogP contribution in [0.25, 0.3) is 0 Å². The lowest BCUT2D eigenvalue weighted by Gasteiger charge is -2.15. The third-order valence-corrected chi connectivity index (χ3v) is 3.55. The van der Waals surface area contributed by atoms with Gasteiger partial charge in [0.05, 0.1) is 23.8 Å². The van der Waals surface area contributed by atoms with Crippen molar-refractivity contribution in [3.63, 3.8) is 0 Å². The molecule has 1 aromatic rings. The van der Waals surface area contributed by atoms with E-state index in [4.69, 9.17) is 4.74 Å². The second kappa shape index (κ2) is 7.61. The lowest BCUT2D eigenvalue weighted by atomic mass is 10.1. The molecule has 0 bridgehead atoms. The highest BCUT2D eigenvalue weighted by Crippen LogP contribution is 2.37. The molecule has 1 aliphatic heterocycles. The normalized spacial score (nSPS) is 18.4. The maximum absolute atomic E-state index is 12.7. The molecule has 1 fully saturated rings. The molecular weight excluding hydrogens is 354 g/mol. The Labute approximate surface area is 139 Å². The van der Waals surface area contributed by atoms with Gasteiger partial charge >= 0.3 is 12.4 Å². The number of rotatable bonds is 5. The molecule has 2 N–H and O–H groups in total. The molecule has 140 valence electrons. The number of anilines is 1. The topological polar surface area (TPSA) is 50.4 Å². The molecule has 1 heterocycles. The molecule has 0 aromatic heterocycles. The third-order valence-electron chi connectivity index (χ3n) is 3.55. The summed E-state index contributed by atoms with van der Waals surface area (Å²) in [4.78, 5) is 11.7. The molecule has 0 saturated carbocycles. The highest BCUT2D eigenvalue weighted by Gasteiger charge is 2.37. The maximum atomic E-state index is 12.7. The largest absolute Gasteiger partial charge is 0.416 e. The molecule has 25 heavy (non-hydrogen) atoms. The summed E-state index contributed by atoms with van der Waals surface area (Å²) in [5, 5.41) is 4.81. The van der Waals surface area contributed by atoms with Gasteiger partial charge < -0.3 is 15.4 Å². The van der Waals surface area contributed by atoms with Crippen LogP contribution in [0.4, 0.5) is 32.0 Å². The predicted octanol–water partition coefficient (Wildman–Crippen LogP) is 3.43. The lowest BCUT2D eigenvalue weighted by Crippen LogP contribution is -2.33. The zero-order valence-electron chi connectivity index (χ0n) is 12.9. The van der Waals surface area contributed by atoms with E-state index in [2.05, 4.69) is 10.6 Å². The van der Waals surface area contributed by atoms with Crippen LogP contribution in [0.1, 0.15) is 24.0 Å². The first-order valence-electron chi connectivity index (χ1n) is 7.47. The van der Waals surface area contributed by atoms with Crippen molar-refractivity contribution in [1.29, 1.82) is 0 Å². The van der Waals surface area contributed by atoms with Crippen LogP contribution in [0.2, 0.25) is 0 Å². The Kier molecular flexibility index (Phi) is 5.94. The van der Waals surface area contributed by atoms with Gasteiger partial charge in [0, 0.05) is 18.8 Å². The van der Waals surface area contributed by atoms with Crippen molar-refractivity contribution >= 4 is 11.6 Å². The summed E-state index contributed by atoms with van der Waals surface area (Å²) in [6.45, 7) is 0.754. The molecule has 1 unspecified atom stereocenters. The Morgan fingerprint density at radius 1 is 1.08 bits per heavy atom. The van der Waals surface area contributed by atoms with Crippen LogP contribution in [0.3, 0.4) is 0 Å². The molecule has 4 nitrogen and oxygen atoms in total. The molecule has 1 aliphatic rings.